The highest BCUT2D eigenvalue weighted by atomic mass is 32.1. The maximum Gasteiger partial charge on any atom is 0.275 e. The number of hydrogen-bond donors (Lipinski definition) is 2. The first kappa shape index (κ1) is 20.2. The highest BCUT2D eigenvalue weighted by Crippen LogP contribution is 2.28. The van der Waals surface area contributed by atoms with Gasteiger partial charge in [0.1, 0.15) is 10.7 Å². The van der Waals surface area contributed by atoms with Crippen LogP contribution in [0.5, 0.6) is 0 Å². The number of thiazole rings is 1. The van der Waals surface area contributed by atoms with E-state index >= 15 is 0 Å². The van der Waals surface area contributed by atoms with Crippen LogP contribution in [0.3, 0.4) is 0 Å². The van der Waals surface area contributed by atoms with E-state index in [0.29, 0.717) is 42.9 Å². The van der Waals surface area contributed by atoms with Gasteiger partial charge in [0.25, 0.3) is 11.8 Å². The third-order valence-electron chi connectivity index (χ3n) is 5.06. The number of amides is 3. The third kappa shape index (κ3) is 4.27. The molecule has 0 radical (unpaired) electrons. The van der Waals surface area contributed by atoms with E-state index in [1.54, 1.807) is 45.9 Å². The van der Waals surface area contributed by atoms with Gasteiger partial charge < -0.3 is 16.0 Å². The molecule has 0 saturated carbocycles. The zero-order valence-electron chi connectivity index (χ0n) is 16.0. The molecule has 1 aliphatic rings. The number of nitrogens with zero attached hydrogens (tertiary/aromatic N) is 2. The average molecular weight is 441 g/mol. The van der Waals surface area contributed by atoms with Crippen molar-refractivity contribution in [3.63, 3.8) is 0 Å². The average Bonchev–Trinajstić information content (AvgIpc) is 3.45. The van der Waals surface area contributed by atoms with Crippen molar-refractivity contribution in [3.05, 3.63) is 58.4 Å². The summed E-state index contributed by atoms with van der Waals surface area (Å²) in [5.74, 6) is -1.04. The standard InChI is InChI=1S/C21H20N4O3S2/c22-18(26)13-7-9-25(10-8-13)21(28)14-4-1-2-5-15(14)23-19(27)16-12-30-20(24-16)17-6-3-11-29-17/h1-6,11-13H,7-10H2,(H2,22,26)(H,23,27). The number of aromatic nitrogens is 1. The van der Waals surface area contributed by atoms with E-state index in [1.807, 2.05) is 17.5 Å². The summed E-state index contributed by atoms with van der Waals surface area (Å²) in [5, 5.41) is 7.28. The summed E-state index contributed by atoms with van der Waals surface area (Å²) in [4.78, 5) is 44.2. The first-order valence-corrected chi connectivity index (χ1v) is 11.3. The van der Waals surface area contributed by atoms with Crippen molar-refractivity contribution in [2.24, 2.45) is 11.7 Å². The maximum absolute atomic E-state index is 13.0. The van der Waals surface area contributed by atoms with Crippen molar-refractivity contribution in [1.29, 1.82) is 0 Å². The number of carbonyl (C=O) groups excluding carboxylic acids is 3. The van der Waals surface area contributed by atoms with Gasteiger partial charge in [-0.25, -0.2) is 4.98 Å². The summed E-state index contributed by atoms with van der Waals surface area (Å²) in [6.45, 7) is 0.927. The largest absolute Gasteiger partial charge is 0.369 e. The minimum Gasteiger partial charge on any atom is -0.369 e. The molecule has 4 rings (SSSR count). The number of piperidine rings is 1. The van der Waals surface area contributed by atoms with Crippen LogP contribution in [0.1, 0.15) is 33.7 Å². The highest BCUT2D eigenvalue weighted by Gasteiger charge is 2.27. The van der Waals surface area contributed by atoms with E-state index in [2.05, 4.69) is 10.3 Å². The van der Waals surface area contributed by atoms with Crippen molar-refractivity contribution in [1.82, 2.24) is 9.88 Å². The molecule has 0 atom stereocenters. The number of likely N-dealkylation sites (tertiary alicyclic amines) is 1. The summed E-state index contributed by atoms with van der Waals surface area (Å²) < 4.78 is 0. The van der Waals surface area contributed by atoms with E-state index in [9.17, 15) is 14.4 Å². The lowest BCUT2D eigenvalue weighted by molar-refractivity contribution is -0.123. The fourth-order valence-electron chi connectivity index (χ4n) is 3.39. The molecule has 0 unspecified atom stereocenters. The SMILES string of the molecule is NC(=O)C1CCN(C(=O)c2ccccc2NC(=O)c2csc(-c3cccs3)n2)CC1. The molecule has 1 aliphatic heterocycles. The van der Waals surface area contributed by atoms with E-state index in [0.717, 1.165) is 9.88 Å². The van der Waals surface area contributed by atoms with Crippen LogP contribution in [-0.4, -0.2) is 40.7 Å². The van der Waals surface area contributed by atoms with Crippen LogP contribution in [0.25, 0.3) is 9.88 Å². The van der Waals surface area contributed by atoms with Gasteiger partial charge in [-0.15, -0.1) is 22.7 Å². The molecule has 1 aromatic carbocycles. The monoisotopic (exact) mass is 440 g/mol. The van der Waals surface area contributed by atoms with Crippen LogP contribution in [0.2, 0.25) is 0 Å². The van der Waals surface area contributed by atoms with Gasteiger partial charge in [0.05, 0.1) is 16.1 Å². The summed E-state index contributed by atoms with van der Waals surface area (Å²) >= 11 is 2.97. The zero-order valence-corrected chi connectivity index (χ0v) is 17.7. The minimum absolute atomic E-state index is 0.175. The minimum atomic E-state index is -0.359. The normalized spacial score (nSPS) is 14.5. The predicted molar refractivity (Wildman–Crippen MR) is 118 cm³/mol. The van der Waals surface area contributed by atoms with Crippen LogP contribution in [-0.2, 0) is 4.79 Å². The first-order chi connectivity index (χ1) is 14.5. The Balaban J connectivity index is 1.48. The number of thiophene rings is 1. The molecule has 3 amide bonds. The zero-order chi connectivity index (χ0) is 21.1. The van der Waals surface area contributed by atoms with E-state index in [-0.39, 0.29) is 23.6 Å². The Kier molecular flexibility index (Phi) is 5.91. The van der Waals surface area contributed by atoms with Gasteiger partial charge in [-0.3, -0.25) is 14.4 Å². The third-order valence-corrected chi connectivity index (χ3v) is 6.94. The second kappa shape index (κ2) is 8.76. The van der Waals surface area contributed by atoms with Crippen LogP contribution in [0.15, 0.2) is 47.2 Å². The summed E-state index contributed by atoms with van der Waals surface area (Å²) in [6.07, 6.45) is 1.11. The molecule has 30 heavy (non-hydrogen) atoms. The topological polar surface area (TPSA) is 105 Å². The van der Waals surface area contributed by atoms with Gasteiger partial charge in [-0.2, -0.15) is 0 Å². The quantitative estimate of drug-likeness (QED) is 0.634. The second-order valence-corrected chi connectivity index (χ2v) is 8.79. The lowest BCUT2D eigenvalue weighted by atomic mass is 9.95. The lowest BCUT2D eigenvalue weighted by Crippen LogP contribution is -2.42. The molecule has 3 N–H and O–H groups in total. The number of hydrogen-bond acceptors (Lipinski definition) is 6. The van der Waals surface area contributed by atoms with Crippen LogP contribution < -0.4 is 11.1 Å². The Bertz CT molecular complexity index is 1070. The molecule has 0 spiro atoms. The second-order valence-electron chi connectivity index (χ2n) is 6.98. The van der Waals surface area contributed by atoms with Gasteiger partial charge in [0.15, 0.2) is 0 Å². The number of benzene rings is 1. The van der Waals surface area contributed by atoms with Crippen molar-refractivity contribution in [2.45, 2.75) is 12.8 Å². The van der Waals surface area contributed by atoms with Gasteiger partial charge >= 0.3 is 0 Å². The molecular weight excluding hydrogens is 420 g/mol. The fourth-order valence-corrected chi connectivity index (χ4v) is 5.01. The Morgan fingerprint density at radius 1 is 1.07 bits per heavy atom. The van der Waals surface area contributed by atoms with Gasteiger partial charge in [0, 0.05) is 24.4 Å². The van der Waals surface area contributed by atoms with Gasteiger partial charge in [-0.1, -0.05) is 18.2 Å². The molecule has 0 aliphatic carbocycles. The van der Waals surface area contributed by atoms with Gasteiger partial charge in [0.2, 0.25) is 5.91 Å². The van der Waals surface area contributed by atoms with Gasteiger partial charge in [-0.05, 0) is 36.4 Å². The van der Waals surface area contributed by atoms with Crippen molar-refractivity contribution >= 4 is 46.1 Å². The summed E-state index contributed by atoms with van der Waals surface area (Å²) in [5.41, 5.74) is 6.54. The Morgan fingerprint density at radius 2 is 1.83 bits per heavy atom. The smallest absolute Gasteiger partial charge is 0.275 e. The molecular formula is C21H20N4O3S2. The Hall–Kier alpha value is -3.04. The van der Waals surface area contributed by atoms with E-state index in [4.69, 9.17) is 5.73 Å². The maximum atomic E-state index is 13.0. The number of anilines is 1. The van der Waals surface area contributed by atoms with Crippen LogP contribution >= 0.6 is 22.7 Å². The first-order valence-electron chi connectivity index (χ1n) is 9.51. The number of para-hydroxylation sites is 1. The molecule has 2 aromatic heterocycles. The molecule has 0 bridgehead atoms. The predicted octanol–water partition coefficient (Wildman–Crippen LogP) is 3.46. The van der Waals surface area contributed by atoms with Crippen LogP contribution in [0.4, 0.5) is 5.69 Å². The number of carbonyl (C=O) groups is 3. The molecule has 9 heteroatoms. The lowest BCUT2D eigenvalue weighted by Gasteiger charge is -2.31. The van der Waals surface area contributed by atoms with E-state index < -0.39 is 0 Å². The molecule has 3 heterocycles. The number of primary amides is 1. The molecule has 7 nitrogen and oxygen atoms in total. The van der Waals surface area contributed by atoms with Crippen molar-refractivity contribution in [3.8, 4) is 9.88 Å². The molecule has 154 valence electrons. The number of nitrogens with one attached hydrogen (secondary N) is 1. The summed E-state index contributed by atoms with van der Waals surface area (Å²) in [6, 6.07) is 10.8. The summed E-state index contributed by atoms with van der Waals surface area (Å²) in [7, 11) is 0. The molecule has 1 fully saturated rings. The Morgan fingerprint density at radius 3 is 2.53 bits per heavy atom. The van der Waals surface area contributed by atoms with Crippen molar-refractivity contribution in [2.75, 3.05) is 18.4 Å². The fraction of sp³-hybridized carbons (Fsp3) is 0.238. The van der Waals surface area contributed by atoms with E-state index in [1.165, 1.54) is 11.3 Å². The Labute approximate surface area is 181 Å². The molecule has 1 saturated heterocycles. The van der Waals surface area contributed by atoms with Crippen LogP contribution in [0, 0.1) is 5.92 Å². The molecule has 3 aromatic rings. The highest BCUT2D eigenvalue weighted by molar-refractivity contribution is 7.20. The number of nitrogens with two attached hydrogens (primary N) is 1. The van der Waals surface area contributed by atoms with Crippen molar-refractivity contribution < 1.29 is 14.4 Å². The number of rotatable bonds is 5.